The minimum absolute atomic E-state index is 0.217. The standard InChI is InChI=1S/C14H22BrNO/c1-5-16-9-14(10(2)3)17-13-7-6-12(15)8-11(13)4/h6-8,10,14,16H,5,9H2,1-4H3. The van der Waals surface area contributed by atoms with E-state index in [1.165, 1.54) is 5.56 Å². The highest BCUT2D eigenvalue weighted by molar-refractivity contribution is 9.10. The Kier molecular flexibility index (Phi) is 6.00. The van der Waals surface area contributed by atoms with Gasteiger partial charge >= 0.3 is 0 Å². The van der Waals surface area contributed by atoms with E-state index in [1.807, 2.05) is 12.1 Å². The number of hydrogen-bond donors (Lipinski definition) is 1. The molecule has 1 aromatic carbocycles. The molecule has 0 saturated carbocycles. The molecule has 0 radical (unpaired) electrons. The first kappa shape index (κ1) is 14.5. The second-order valence-corrected chi connectivity index (χ2v) is 5.53. The maximum atomic E-state index is 6.08. The van der Waals surface area contributed by atoms with E-state index in [4.69, 9.17) is 4.74 Å². The molecule has 0 spiro atoms. The molecule has 0 heterocycles. The molecule has 0 aliphatic rings. The lowest BCUT2D eigenvalue weighted by Crippen LogP contribution is -2.35. The Hall–Kier alpha value is -0.540. The highest BCUT2D eigenvalue weighted by Crippen LogP contribution is 2.24. The van der Waals surface area contributed by atoms with E-state index in [0.717, 1.165) is 23.3 Å². The normalized spacial score (nSPS) is 12.8. The van der Waals surface area contributed by atoms with Crippen LogP contribution in [0.25, 0.3) is 0 Å². The minimum Gasteiger partial charge on any atom is -0.489 e. The Balaban J connectivity index is 2.71. The molecule has 0 fully saturated rings. The zero-order chi connectivity index (χ0) is 12.8. The first-order valence-electron chi connectivity index (χ1n) is 6.18. The predicted molar refractivity (Wildman–Crippen MR) is 76.7 cm³/mol. The number of likely N-dealkylation sites (N-methyl/N-ethyl adjacent to an activating group) is 1. The second kappa shape index (κ2) is 7.02. The largest absolute Gasteiger partial charge is 0.489 e. The third-order valence-electron chi connectivity index (χ3n) is 2.75. The molecule has 0 saturated heterocycles. The number of ether oxygens (including phenoxy) is 1. The molecule has 0 bridgehead atoms. The third-order valence-corrected chi connectivity index (χ3v) is 3.25. The molecule has 1 N–H and O–H groups in total. The summed E-state index contributed by atoms with van der Waals surface area (Å²) in [5.41, 5.74) is 1.17. The molecule has 96 valence electrons. The van der Waals surface area contributed by atoms with Crippen LogP contribution < -0.4 is 10.1 Å². The van der Waals surface area contributed by atoms with Crippen molar-refractivity contribution in [1.29, 1.82) is 0 Å². The van der Waals surface area contributed by atoms with E-state index in [9.17, 15) is 0 Å². The van der Waals surface area contributed by atoms with E-state index in [1.54, 1.807) is 0 Å². The van der Waals surface area contributed by atoms with Crippen molar-refractivity contribution in [3.05, 3.63) is 28.2 Å². The lowest BCUT2D eigenvalue weighted by atomic mass is 10.1. The van der Waals surface area contributed by atoms with E-state index in [2.05, 4.69) is 55.0 Å². The van der Waals surface area contributed by atoms with Crippen LogP contribution in [-0.4, -0.2) is 19.2 Å². The molecule has 2 nitrogen and oxygen atoms in total. The van der Waals surface area contributed by atoms with Crippen molar-refractivity contribution >= 4 is 15.9 Å². The number of rotatable bonds is 6. The summed E-state index contributed by atoms with van der Waals surface area (Å²) in [6.07, 6.45) is 0.217. The SMILES string of the molecule is CCNCC(Oc1ccc(Br)cc1C)C(C)C. The van der Waals surface area contributed by atoms with Crippen LogP contribution in [-0.2, 0) is 0 Å². The molecule has 1 atom stereocenters. The smallest absolute Gasteiger partial charge is 0.122 e. The molecule has 0 amide bonds. The summed E-state index contributed by atoms with van der Waals surface area (Å²) in [7, 11) is 0. The Bertz CT molecular complexity index is 352. The number of benzene rings is 1. The highest BCUT2D eigenvalue weighted by Gasteiger charge is 2.15. The Labute approximate surface area is 113 Å². The van der Waals surface area contributed by atoms with Crippen molar-refractivity contribution in [3.8, 4) is 5.75 Å². The van der Waals surface area contributed by atoms with Crippen molar-refractivity contribution in [2.45, 2.75) is 33.8 Å². The summed E-state index contributed by atoms with van der Waals surface area (Å²) in [6.45, 7) is 10.4. The molecule has 1 aromatic rings. The molecule has 0 aliphatic carbocycles. The van der Waals surface area contributed by atoms with Crippen LogP contribution in [0, 0.1) is 12.8 Å². The van der Waals surface area contributed by atoms with Gasteiger partial charge in [-0.1, -0.05) is 36.7 Å². The van der Waals surface area contributed by atoms with Gasteiger partial charge in [0.05, 0.1) is 0 Å². The average Bonchev–Trinajstić information content (AvgIpc) is 2.26. The molecule has 17 heavy (non-hydrogen) atoms. The molecule has 0 aliphatic heterocycles. The highest BCUT2D eigenvalue weighted by atomic mass is 79.9. The Morgan fingerprint density at radius 1 is 1.35 bits per heavy atom. The number of halogens is 1. The van der Waals surface area contributed by atoms with Crippen LogP contribution in [0.2, 0.25) is 0 Å². The van der Waals surface area contributed by atoms with Gasteiger partial charge in [0.1, 0.15) is 11.9 Å². The van der Waals surface area contributed by atoms with Crippen molar-refractivity contribution < 1.29 is 4.74 Å². The lowest BCUT2D eigenvalue weighted by molar-refractivity contribution is 0.148. The van der Waals surface area contributed by atoms with Gasteiger partial charge in [-0.05, 0) is 43.1 Å². The number of hydrogen-bond acceptors (Lipinski definition) is 2. The summed E-state index contributed by atoms with van der Waals surface area (Å²) >= 11 is 3.47. The minimum atomic E-state index is 0.217. The van der Waals surface area contributed by atoms with Crippen molar-refractivity contribution in [2.75, 3.05) is 13.1 Å². The van der Waals surface area contributed by atoms with Crippen molar-refractivity contribution in [1.82, 2.24) is 5.32 Å². The van der Waals surface area contributed by atoms with Gasteiger partial charge < -0.3 is 10.1 Å². The van der Waals surface area contributed by atoms with Gasteiger partial charge in [0, 0.05) is 11.0 Å². The number of aryl methyl sites for hydroxylation is 1. The summed E-state index contributed by atoms with van der Waals surface area (Å²) in [5, 5.41) is 3.35. The zero-order valence-corrected chi connectivity index (χ0v) is 12.7. The van der Waals surface area contributed by atoms with E-state index < -0.39 is 0 Å². The third kappa shape index (κ3) is 4.68. The van der Waals surface area contributed by atoms with Crippen LogP contribution in [0.15, 0.2) is 22.7 Å². The van der Waals surface area contributed by atoms with Crippen LogP contribution >= 0.6 is 15.9 Å². The topological polar surface area (TPSA) is 21.3 Å². The fourth-order valence-corrected chi connectivity index (χ4v) is 2.08. The van der Waals surface area contributed by atoms with Gasteiger partial charge in [0.25, 0.3) is 0 Å². The Morgan fingerprint density at radius 2 is 2.06 bits per heavy atom. The fourth-order valence-electron chi connectivity index (χ4n) is 1.61. The summed E-state index contributed by atoms with van der Waals surface area (Å²) in [5.74, 6) is 1.47. The summed E-state index contributed by atoms with van der Waals surface area (Å²) in [4.78, 5) is 0. The molecule has 0 aromatic heterocycles. The zero-order valence-electron chi connectivity index (χ0n) is 11.1. The molecular weight excluding hydrogens is 278 g/mol. The molecular formula is C14H22BrNO. The van der Waals surface area contributed by atoms with Gasteiger partial charge in [-0.2, -0.15) is 0 Å². The van der Waals surface area contributed by atoms with Crippen molar-refractivity contribution in [2.24, 2.45) is 5.92 Å². The van der Waals surface area contributed by atoms with Crippen LogP contribution in [0.4, 0.5) is 0 Å². The quantitative estimate of drug-likeness (QED) is 0.863. The monoisotopic (exact) mass is 299 g/mol. The second-order valence-electron chi connectivity index (χ2n) is 4.62. The van der Waals surface area contributed by atoms with Gasteiger partial charge in [-0.25, -0.2) is 0 Å². The van der Waals surface area contributed by atoms with E-state index in [0.29, 0.717) is 5.92 Å². The van der Waals surface area contributed by atoms with Crippen molar-refractivity contribution in [3.63, 3.8) is 0 Å². The van der Waals surface area contributed by atoms with Crippen LogP contribution in [0.3, 0.4) is 0 Å². The predicted octanol–water partition coefficient (Wildman–Crippen LogP) is 3.77. The van der Waals surface area contributed by atoms with E-state index >= 15 is 0 Å². The number of nitrogens with one attached hydrogen (secondary N) is 1. The van der Waals surface area contributed by atoms with Gasteiger partial charge in [0.15, 0.2) is 0 Å². The van der Waals surface area contributed by atoms with Gasteiger partial charge in [-0.3, -0.25) is 0 Å². The average molecular weight is 300 g/mol. The molecule has 3 heteroatoms. The first-order chi connectivity index (χ1) is 8.04. The molecule has 1 unspecified atom stereocenters. The Morgan fingerprint density at radius 3 is 2.59 bits per heavy atom. The maximum absolute atomic E-state index is 6.08. The maximum Gasteiger partial charge on any atom is 0.122 e. The van der Waals surface area contributed by atoms with Gasteiger partial charge in [0.2, 0.25) is 0 Å². The molecule has 1 rings (SSSR count). The van der Waals surface area contributed by atoms with E-state index in [-0.39, 0.29) is 6.10 Å². The van der Waals surface area contributed by atoms with Crippen LogP contribution in [0.5, 0.6) is 5.75 Å². The lowest BCUT2D eigenvalue weighted by Gasteiger charge is -2.24. The van der Waals surface area contributed by atoms with Crippen LogP contribution in [0.1, 0.15) is 26.3 Å². The fraction of sp³-hybridized carbons (Fsp3) is 0.571. The van der Waals surface area contributed by atoms with Gasteiger partial charge in [-0.15, -0.1) is 0 Å². The summed E-state index contributed by atoms with van der Waals surface area (Å²) in [6, 6.07) is 6.13. The summed E-state index contributed by atoms with van der Waals surface area (Å²) < 4.78 is 7.17. The first-order valence-corrected chi connectivity index (χ1v) is 6.97.